The van der Waals surface area contributed by atoms with Gasteiger partial charge in [-0.1, -0.05) is 17.7 Å². The van der Waals surface area contributed by atoms with Crippen LogP contribution >= 0.6 is 11.6 Å². The molecular formula is C14H18ClN3. The van der Waals surface area contributed by atoms with Crippen LogP contribution in [0, 0.1) is 20.8 Å². The largest absolute Gasteiger partial charge is 0.316 e. The quantitative estimate of drug-likeness (QED) is 0.922. The number of aryl methyl sites for hydroxylation is 2. The minimum Gasteiger partial charge on any atom is -0.316 e. The SMILES string of the molecule is CNCc1c(C)nn(-c2cc(Cl)ccc2C)c1C. The maximum atomic E-state index is 6.07. The third-order valence-electron chi connectivity index (χ3n) is 3.19. The van der Waals surface area contributed by atoms with Crippen molar-refractivity contribution in [2.24, 2.45) is 0 Å². The molecule has 2 aromatic rings. The van der Waals surface area contributed by atoms with E-state index >= 15 is 0 Å². The van der Waals surface area contributed by atoms with Crippen LogP contribution in [-0.4, -0.2) is 16.8 Å². The van der Waals surface area contributed by atoms with Crippen molar-refractivity contribution >= 4 is 11.6 Å². The lowest BCUT2D eigenvalue weighted by Crippen LogP contribution is -2.07. The second-order valence-electron chi connectivity index (χ2n) is 4.52. The number of nitrogens with zero attached hydrogens (tertiary/aromatic N) is 2. The van der Waals surface area contributed by atoms with E-state index < -0.39 is 0 Å². The van der Waals surface area contributed by atoms with Crippen molar-refractivity contribution in [3.8, 4) is 5.69 Å². The molecule has 0 aliphatic carbocycles. The second-order valence-corrected chi connectivity index (χ2v) is 4.96. The molecule has 0 aliphatic rings. The van der Waals surface area contributed by atoms with Gasteiger partial charge in [0.1, 0.15) is 0 Å². The van der Waals surface area contributed by atoms with E-state index in [4.69, 9.17) is 11.6 Å². The summed E-state index contributed by atoms with van der Waals surface area (Å²) in [6.45, 7) is 7.03. The van der Waals surface area contributed by atoms with Crippen LogP contribution in [0.25, 0.3) is 5.69 Å². The number of rotatable bonds is 3. The Balaban J connectivity index is 2.57. The van der Waals surface area contributed by atoms with Gasteiger partial charge < -0.3 is 5.32 Å². The first-order valence-corrected chi connectivity index (χ1v) is 6.38. The smallest absolute Gasteiger partial charge is 0.0692 e. The lowest BCUT2D eigenvalue weighted by atomic mass is 10.1. The summed E-state index contributed by atoms with van der Waals surface area (Å²) in [4.78, 5) is 0. The molecule has 1 aromatic carbocycles. The third-order valence-corrected chi connectivity index (χ3v) is 3.43. The van der Waals surface area contributed by atoms with Gasteiger partial charge in [-0.2, -0.15) is 5.10 Å². The highest BCUT2D eigenvalue weighted by Crippen LogP contribution is 2.23. The summed E-state index contributed by atoms with van der Waals surface area (Å²) in [5, 5.41) is 8.53. The minimum absolute atomic E-state index is 0.735. The lowest BCUT2D eigenvalue weighted by molar-refractivity contribution is 0.800. The van der Waals surface area contributed by atoms with Gasteiger partial charge in [0.15, 0.2) is 0 Å². The van der Waals surface area contributed by atoms with Crippen molar-refractivity contribution in [1.29, 1.82) is 0 Å². The standard InChI is InChI=1S/C14H18ClN3/c1-9-5-6-12(15)7-14(9)18-11(3)13(8-16-4)10(2)17-18/h5-7,16H,8H2,1-4H3. The van der Waals surface area contributed by atoms with E-state index in [-0.39, 0.29) is 0 Å². The Kier molecular flexibility index (Phi) is 3.73. The average Bonchev–Trinajstić information content (AvgIpc) is 2.61. The number of nitrogens with one attached hydrogen (secondary N) is 1. The number of halogens is 1. The fraction of sp³-hybridized carbons (Fsp3) is 0.357. The van der Waals surface area contributed by atoms with E-state index in [1.54, 1.807) is 0 Å². The molecule has 0 fully saturated rings. The molecule has 0 spiro atoms. The van der Waals surface area contributed by atoms with Crippen molar-refractivity contribution in [1.82, 2.24) is 15.1 Å². The molecule has 3 nitrogen and oxygen atoms in total. The van der Waals surface area contributed by atoms with Crippen LogP contribution in [-0.2, 0) is 6.54 Å². The van der Waals surface area contributed by atoms with E-state index in [1.165, 1.54) is 11.1 Å². The molecule has 4 heteroatoms. The monoisotopic (exact) mass is 263 g/mol. The third kappa shape index (κ3) is 2.28. The van der Waals surface area contributed by atoms with E-state index in [0.29, 0.717) is 0 Å². The Labute approximate surface area is 113 Å². The minimum atomic E-state index is 0.735. The highest BCUT2D eigenvalue weighted by atomic mass is 35.5. The van der Waals surface area contributed by atoms with E-state index in [0.717, 1.165) is 28.6 Å². The van der Waals surface area contributed by atoms with Crippen molar-refractivity contribution in [3.05, 3.63) is 45.7 Å². The number of hydrogen-bond acceptors (Lipinski definition) is 2. The van der Waals surface area contributed by atoms with Gasteiger partial charge in [0.25, 0.3) is 0 Å². The molecule has 0 atom stereocenters. The van der Waals surface area contributed by atoms with Crippen LogP contribution in [0.4, 0.5) is 0 Å². The van der Waals surface area contributed by atoms with Crippen molar-refractivity contribution in [2.75, 3.05) is 7.05 Å². The van der Waals surface area contributed by atoms with Crippen molar-refractivity contribution in [2.45, 2.75) is 27.3 Å². The van der Waals surface area contributed by atoms with Crippen molar-refractivity contribution < 1.29 is 0 Å². The first-order chi connectivity index (χ1) is 8.54. The Morgan fingerprint density at radius 3 is 2.67 bits per heavy atom. The molecule has 1 heterocycles. The first kappa shape index (κ1) is 13.1. The van der Waals surface area contributed by atoms with Crippen LogP contribution in [0.1, 0.15) is 22.5 Å². The number of benzene rings is 1. The van der Waals surface area contributed by atoms with Crippen LogP contribution < -0.4 is 5.32 Å². The Morgan fingerprint density at radius 1 is 1.28 bits per heavy atom. The number of aromatic nitrogens is 2. The normalized spacial score (nSPS) is 10.9. The zero-order chi connectivity index (χ0) is 13.3. The maximum Gasteiger partial charge on any atom is 0.0692 e. The summed E-state index contributed by atoms with van der Waals surface area (Å²) in [7, 11) is 1.95. The molecule has 1 N–H and O–H groups in total. The molecule has 0 unspecified atom stereocenters. The predicted octanol–water partition coefficient (Wildman–Crippen LogP) is 3.17. The average molecular weight is 264 g/mol. The fourth-order valence-corrected chi connectivity index (χ4v) is 2.32. The Hall–Kier alpha value is -1.32. The van der Waals surface area contributed by atoms with Gasteiger partial charge in [-0.15, -0.1) is 0 Å². The topological polar surface area (TPSA) is 29.9 Å². The molecule has 0 aliphatic heterocycles. The first-order valence-electron chi connectivity index (χ1n) is 6.00. The molecule has 0 saturated heterocycles. The summed E-state index contributed by atoms with van der Waals surface area (Å²) < 4.78 is 1.98. The molecule has 0 amide bonds. The van der Waals surface area contributed by atoms with Crippen LogP contribution in [0.5, 0.6) is 0 Å². The molecule has 1 aromatic heterocycles. The van der Waals surface area contributed by atoms with Gasteiger partial charge in [-0.25, -0.2) is 4.68 Å². The zero-order valence-corrected chi connectivity index (χ0v) is 12.0. The second kappa shape index (κ2) is 5.12. The van der Waals surface area contributed by atoms with E-state index in [2.05, 4.69) is 24.3 Å². The van der Waals surface area contributed by atoms with Gasteiger partial charge >= 0.3 is 0 Å². The van der Waals surface area contributed by atoms with Crippen molar-refractivity contribution in [3.63, 3.8) is 0 Å². The van der Waals surface area contributed by atoms with Gasteiger partial charge in [-0.3, -0.25) is 0 Å². The van der Waals surface area contributed by atoms with Gasteiger partial charge in [0.2, 0.25) is 0 Å². The predicted molar refractivity (Wildman–Crippen MR) is 75.5 cm³/mol. The summed E-state index contributed by atoms with van der Waals surface area (Å²) in [5.74, 6) is 0. The van der Waals surface area contributed by atoms with Gasteiger partial charge in [0, 0.05) is 22.8 Å². The molecule has 2 rings (SSSR count). The Bertz CT molecular complexity index is 573. The zero-order valence-electron chi connectivity index (χ0n) is 11.2. The highest BCUT2D eigenvalue weighted by molar-refractivity contribution is 6.30. The van der Waals surface area contributed by atoms with Gasteiger partial charge in [0.05, 0.1) is 11.4 Å². The fourth-order valence-electron chi connectivity index (χ4n) is 2.15. The lowest BCUT2D eigenvalue weighted by Gasteiger charge is -2.09. The van der Waals surface area contributed by atoms with Crippen LogP contribution in [0.2, 0.25) is 5.02 Å². The van der Waals surface area contributed by atoms with Crippen LogP contribution in [0.15, 0.2) is 18.2 Å². The summed E-state index contributed by atoms with van der Waals surface area (Å²) in [5.41, 5.74) is 5.68. The Morgan fingerprint density at radius 2 is 2.00 bits per heavy atom. The molecule has 0 bridgehead atoms. The van der Waals surface area contributed by atoms with E-state index in [1.807, 2.05) is 36.9 Å². The summed E-state index contributed by atoms with van der Waals surface area (Å²) in [6, 6.07) is 5.88. The molecule has 0 radical (unpaired) electrons. The molecule has 18 heavy (non-hydrogen) atoms. The molecular weight excluding hydrogens is 246 g/mol. The maximum absolute atomic E-state index is 6.07. The van der Waals surface area contributed by atoms with Crippen LogP contribution in [0.3, 0.4) is 0 Å². The summed E-state index contributed by atoms with van der Waals surface area (Å²) >= 11 is 6.07. The highest BCUT2D eigenvalue weighted by Gasteiger charge is 2.13. The molecule has 0 saturated carbocycles. The summed E-state index contributed by atoms with van der Waals surface area (Å²) in [6.07, 6.45) is 0. The van der Waals surface area contributed by atoms with Gasteiger partial charge in [-0.05, 0) is 45.5 Å². The number of hydrogen-bond donors (Lipinski definition) is 1. The van der Waals surface area contributed by atoms with E-state index in [9.17, 15) is 0 Å². The molecule has 96 valence electrons.